The summed E-state index contributed by atoms with van der Waals surface area (Å²) < 4.78 is 4.48. The first-order valence-corrected chi connectivity index (χ1v) is 5.58. The molecule has 0 atom stereocenters. The number of hydrogen-bond donors (Lipinski definition) is 0. The van der Waals surface area contributed by atoms with Gasteiger partial charge in [0.1, 0.15) is 11.6 Å². The van der Waals surface area contributed by atoms with Gasteiger partial charge in [0.25, 0.3) is 0 Å². The first-order chi connectivity index (χ1) is 7.47. The molecule has 0 N–H and O–H groups in total. The molecular formula is C12H20O4. The van der Waals surface area contributed by atoms with Crippen molar-refractivity contribution in [3.8, 4) is 0 Å². The molecule has 0 aliphatic rings. The number of carbonyl (C=O) groups is 3. The van der Waals surface area contributed by atoms with E-state index in [-0.39, 0.29) is 29.9 Å². The molecule has 0 radical (unpaired) electrons. The van der Waals surface area contributed by atoms with Crippen LogP contribution in [-0.4, -0.2) is 24.6 Å². The van der Waals surface area contributed by atoms with E-state index >= 15 is 0 Å². The molecule has 0 spiro atoms. The lowest BCUT2D eigenvalue weighted by molar-refractivity contribution is -0.141. The Hall–Kier alpha value is -1.19. The van der Waals surface area contributed by atoms with Crippen LogP contribution in [0.4, 0.5) is 0 Å². The van der Waals surface area contributed by atoms with Gasteiger partial charge in [0.2, 0.25) is 0 Å². The quantitative estimate of drug-likeness (QED) is 0.361. The molecule has 0 heterocycles. The van der Waals surface area contributed by atoms with Crippen molar-refractivity contribution >= 4 is 17.5 Å². The van der Waals surface area contributed by atoms with E-state index in [1.165, 1.54) is 7.11 Å². The van der Waals surface area contributed by atoms with Crippen molar-refractivity contribution in [2.24, 2.45) is 5.92 Å². The summed E-state index contributed by atoms with van der Waals surface area (Å²) in [5.74, 6) is -0.397. The van der Waals surface area contributed by atoms with Crippen molar-refractivity contribution in [3.63, 3.8) is 0 Å². The molecule has 0 aromatic rings. The van der Waals surface area contributed by atoms with Crippen LogP contribution in [0.2, 0.25) is 0 Å². The third-order valence-electron chi connectivity index (χ3n) is 2.33. The number of hydrogen-bond acceptors (Lipinski definition) is 4. The predicted octanol–water partition coefficient (Wildman–Crippen LogP) is 1.90. The zero-order valence-corrected chi connectivity index (χ0v) is 10.2. The summed E-state index contributed by atoms with van der Waals surface area (Å²) in [4.78, 5) is 33.3. The van der Waals surface area contributed by atoms with Crippen LogP contribution in [0, 0.1) is 5.92 Å². The van der Waals surface area contributed by atoms with Crippen LogP contribution in [0.1, 0.15) is 46.0 Å². The molecule has 0 amide bonds. The highest BCUT2D eigenvalue weighted by molar-refractivity contribution is 5.99. The largest absolute Gasteiger partial charge is 0.469 e. The maximum absolute atomic E-state index is 11.3. The van der Waals surface area contributed by atoms with E-state index in [9.17, 15) is 14.4 Å². The highest BCUT2D eigenvalue weighted by atomic mass is 16.5. The van der Waals surface area contributed by atoms with E-state index < -0.39 is 0 Å². The minimum atomic E-state index is -0.259. The van der Waals surface area contributed by atoms with Gasteiger partial charge in [-0.2, -0.15) is 0 Å². The molecule has 0 aliphatic carbocycles. The van der Waals surface area contributed by atoms with Crippen LogP contribution in [0.25, 0.3) is 0 Å². The monoisotopic (exact) mass is 228 g/mol. The lowest BCUT2D eigenvalue weighted by Crippen LogP contribution is -2.13. The summed E-state index contributed by atoms with van der Waals surface area (Å²) in [5.41, 5.74) is 0. The second kappa shape index (κ2) is 8.02. The van der Waals surface area contributed by atoms with E-state index in [0.717, 1.165) is 0 Å². The molecule has 4 nitrogen and oxygen atoms in total. The minimum Gasteiger partial charge on any atom is -0.469 e. The number of esters is 1. The fourth-order valence-corrected chi connectivity index (χ4v) is 1.18. The molecule has 0 unspecified atom stereocenters. The normalized spacial score (nSPS) is 10.2. The average Bonchev–Trinajstić information content (AvgIpc) is 2.23. The topological polar surface area (TPSA) is 60.4 Å². The summed E-state index contributed by atoms with van der Waals surface area (Å²) in [6.07, 6.45) is 2.00. The standard InChI is InChI=1S/C12H20O4/c1-9(2)11(14)8-10(13)6-4-5-7-12(15)16-3/h9H,4-8H2,1-3H3. The van der Waals surface area contributed by atoms with Gasteiger partial charge in [-0.05, 0) is 12.8 Å². The van der Waals surface area contributed by atoms with E-state index in [1.807, 2.05) is 0 Å². The third-order valence-corrected chi connectivity index (χ3v) is 2.33. The van der Waals surface area contributed by atoms with Crippen LogP contribution < -0.4 is 0 Å². The zero-order valence-electron chi connectivity index (χ0n) is 10.2. The van der Waals surface area contributed by atoms with Gasteiger partial charge in [-0.15, -0.1) is 0 Å². The fourth-order valence-electron chi connectivity index (χ4n) is 1.18. The SMILES string of the molecule is COC(=O)CCCCC(=O)CC(=O)C(C)C. The smallest absolute Gasteiger partial charge is 0.305 e. The minimum absolute atomic E-state index is 0.0158. The Kier molecular flexibility index (Phi) is 7.42. The Morgan fingerprint density at radius 2 is 1.62 bits per heavy atom. The molecule has 92 valence electrons. The number of Topliss-reactive ketones (excluding diaryl/α,β-unsaturated/α-hetero) is 2. The average molecular weight is 228 g/mol. The lowest BCUT2D eigenvalue weighted by atomic mass is 10.0. The summed E-state index contributed by atoms with van der Waals surface area (Å²) >= 11 is 0. The van der Waals surface area contributed by atoms with Gasteiger partial charge < -0.3 is 4.74 Å². The van der Waals surface area contributed by atoms with Crippen molar-refractivity contribution in [1.29, 1.82) is 0 Å². The maximum Gasteiger partial charge on any atom is 0.305 e. The second-order valence-electron chi connectivity index (χ2n) is 4.12. The Balaban J connectivity index is 3.59. The number of ether oxygens (including phenoxy) is 1. The van der Waals surface area contributed by atoms with Crippen LogP contribution in [0.3, 0.4) is 0 Å². The molecule has 0 rings (SSSR count). The van der Waals surface area contributed by atoms with Crippen molar-refractivity contribution < 1.29 is 19.1 Å². The van der Waals surface area contributed by atoms with Gasteiger partial charge in [-0.1, -0.05) is 13.8 Å². The van der Waals surface area contributed by atoms with Gasteiger partial charge in [-0.3, -0.25) is 14.4 Å². The second-order valence-corrected chi connectivity index (χ2v) is 4.12. The van der Waals surface area contributed by atoms with E-state index in [2.05, 4.69) is 4.74 Å². The van der Waals surface area contributed by atoms with Crippen LogP contribution in [-0.2, 0) is 19.1 Å². The molecule has 0 fully saturated rings. The third kappa shape index (κ3) is 7.15. The number of unbranched alkanes of at least 4 members (excludes halogenated alkanes) is 1. The Bertz CT molecular complexity index is 256. The fraction of sp³-hybridized carbons (Fsp3) is 0.750. The Labute approximate surface area is 96.4 Å². The summed E-state index contributed by atoms with van der Waals surface area (Å²) in [5, 5.41) is 0. The summed E-state index contributed by atoms with van der Waals surface area (Å²) in [7, 11) is 1.34. The van der Waals surface area contributed by atoms with Gasteiger partial charge in [0.05, 0.1) is 13.5 Å². The number of ketones is 2. The predicted molar refractivity (Wildman–Crippen MR) is 60.0 cm³/mol. The van der Waals surface area contributed by atoms with Gasteiger partial charge in [0.15, 0.2) is 0 Å². The van der Waals surface area contributed by atoms with Crippen molar-refractivity contribution in [1.82, 2.24) is 0 Å². The molecule has 0 aliphatic heterocycles. The summed E-state index contributed by atoms with van der Waals surface area (Å²) in [6.45, 7) is 3.57. The molecule has 0 saturated carbocycles. The van der Waals surface area contributed by atoms with Gasteiger partial charge >= 0.3 is 5.97 Å². The molecule has 4 heteroatoms. The highest BCUT2D eigenvalue weighted by Crippen LogP contribution is 2.06. The van der Waals surface area contributed by atoms with E-state index in [4.69, 9.17) is 0 Å². The molecule has 0 saturated heterocycles. The maximum atomic E-state index is 11.3. The highest BCUT2D eigenvalue weighted by Gasteiger charge is 2.12. The first-order valence-electron chi connectivity index (χ1n) is 5.58. The van der Waals surface area contributed by atoms with Crippen molar-refractivity contribution in [2.75, 3.05) is 7.11 Å². The van der Waals surface area contributed by atoms with E-state index in [0.29, 0.717) is 25.7 Å². The van der Waals surface area contributed by atoms with Crippen LogP contribution in [0.15, 0.2) is 0 Å². The van der Waals surface area contributed by atoms with E-state index in [1.54, 1.807) is 13.8 Å². The molecule has 0 aromatic heterocycles. The first kappa shape index (κ1) is 14.8. The van der Waals surface area contributed by atoms with Crippen LogP contribution >= 0.6 is 0 Å². The zero-order chi connectivity index (χ0) is 12.6. The van der Waals surface area contributed by atoms with Crippen LogP contribution in [0.5, 0.6) is 0 Å². The molecule has 0 aromatic carbocycles. The number of methoxy groups -OCH3 is 1. The summed E-state index contributed by atoms with van der Waals surface area (Å²) in [6, 6.07) is 0. The van der Waals surface area contributed by atoms with Crippen molar-refractivity contribution in [2.45, 2.75) is 46.0 Å². The molecular weight excluding hydrogens is 208 g/mol. The number of rotatable bonds is 8. The van der Waals surface area contributed by atoms with Gasteiger partial charge in [0, 0.05) is 18.8 Å². The number of carbonyl (C=O) groups excluding carboxylic acids is 3. The lowest BCUT2D eigenvalue weighted by Gasteiger charge is -2.03. The van der Waals surface area contributed by atoms with Crippen molar-refractivity contribution in [3.05, 3.63) is 0 Å². The molecule has 0 bridgehead atoms. The van der Waals surface area contributed by atoms with Gasteiger partial charge in [-0.25, -0.2) is 0 Å². The Morgan fingerprint density at radius 1 is 1.06 bits per heavy atom. The Morgan fingerprint density at radius 3 is 2.12 bits per heavy atom. The molecule has 16 heavy (non-hydrogen) atoms.